The van der Waals surface area contributed by atoms with Crippen LogP contribution in [0, 0.1) is 11.3 Å². The van der Waals surface area contributed by atoms with E-state index in [0.29, 0.717) is 22.9 Å². The molecule has 0 aliphatic carbocycles. The normalized spacial score (nSPS) is 10.5. The highest BCUT2D eigenvalue weighted by Gasteiger charge is 2.16. The fraction of sp³-hybridized carbons (Fsp3) is 0.235. The summed E-state index contributed by atoms with van der Waals surface area (Å²) in [6.45, 7) is 5.36. The predicted molar refractivity (Wildman–Crippen MR) is 85.3 cm³/mol. The van der Waals surface area contributed by atoms with Gasteiger partial charge < -0.3 is 9.47 Å². The predicted octanol–water partition coefficient (Wildman–Crippen LogP) is 4.09. The third-order valence-electron chi connectivity index (χ3n) is 2.60. The maximum Gasteiger partial charge on any atom is 0.412 e. The number of carbonyl (C=O) groups is 1. The highest BCUT2D eigenvalue weighted by molar-refractivity contribution is 5.84. The van der Waals surface area contributed by atoms with Crippen LogP contribution in [-0.4, -0.2) is 16.7 Å². The lowest BCUT2D eigenvalue weighted by Crippen LogP contribution is -2.27. The molecule has 6 heteroatoms. The molecule has 0 saturated heterocycles. The van der Waals surface area contributed by atoms with Crippen LogP contribution in [0.4, 0.5) is 10.5 Å². The Balaban J connectivity index is 2.03. The quantitative estimate of drug-likeness (QED) is 0.922. The summed E-state index contributed by atoms with van der Waals surface area (Å²) in [7, 11) is 0. The van der Waals surface area contributed by atoms with E-state index in [0.717, 1.165) is 0 Å². The highest BCUT2D eigenvalue weighted by Crippen LogP contribution is 2.24. The molecule has 0 bridgehead atoms. The van der Waals surface area contributed by atoms with Crippen molar-refractivity contribution >= 4 is 11.8 Å². The molecular formula is C17H17N3O3. The van der Waals surface area contributed by atoms with Crippen molar-refractivity contribution in [3.8, 4) is 17.7 Å². The minimum absolute atomic E-state index is 0.322. The second kappa shape index (κ2) is 6.79. The first-order chi connectivity index (χ1) is 10.9. The molecule has 6 nitrogen and oxygen atoms in total. The smallest absolute Gasteiger partial charge is 0.412 e. The van der Waals surface area contributed by atoms with Crippen molar-refractivity contribution in [3.05, 3.63) is 48.2 Å². The number of anilines is 1. The molecule has 0 saturated carbocycles. The van der Waals surface area contributed by atoms with Gasteiger partial charge in [-0.3, -0.25) is 5.32 Å². The minimum Gasteiger partial charge on any atom is -0.444 e. The van der Waals surface area contributed by atoms with Crippen LogP contribution in [0.15, 0.2) is 42.6 Å². The summed E-state index contributed by atoms with van der Waals surface area (Å²) in [5, 5.41) is 11.6. The van der Waals surface area contributed by atoms with Crippen molar-refractivity contribution < 1.29 is 14.3 Å². The van der Waals surface area contributed by atoms with Crippen molar-refractivity contribution in [3.63, 3.8) is 0 Å². The molecule has 0 aliphatic rings. The van der Waals surface area contributed by atoms with Crippen molar-refractivity contribution in [1.29, 1.82) is 5.26 Å². The first-order valence-electron chi connectivity index (χ1n) is 7.00. The fourth-order valence-electron chi connectivity index (χ4n) is 1.70. The number of carbonyl (C=O) groups excluding carboxylic acids is 1. The zero-order chi connectivity index (χ0) is 16.9. The number of hydrogen-bond acceptors (Lipinski definition) is 5. The molecule has 1 aromatic carbocycles. The number of hydrogen-bond donors (Lipinski definition) is 1. The summed E-state index contributed by atoms with van der Waals surface area (Å²) >= 11 is 0. The fourth-order valence-corrected chi connectivity index (χ4v) is 1.70. The molecule has 2 aromatic rings. The van der Waals surface area contributed by atoms with Crippen molar-refractivity contribution in [2.24, 2.45) is 0 Å². The van der Waals surface area contributed by atoms with Crippen LogP contribution < -0.4 is 10.1 Å². The largest absolute Gasteiger partial charge is 0.444 e. The third-order valence-corrected chi connectivity index (χ3v) is 2.60. The Labute approximate surface area is 134 Å². The van der Waals surface area contributed by atoms with Gasteiger partial charge in [-0.2, -0.15) is 5.26 Å². The van der Waals surface area contributed by atoms with Gasteiger partial charge in [0, 0.05) is 6.07 Å². The number of ether oxygens (including phenoxy) is 2. The van der Waals surface area contributed by atoms with Gasteiger partial charge >= 0.3 is 6.09 Å². The molecule has 1 heterocycles. The molecule has 23 heavy (non-hydrogen) atoms. The maximum absolute atomic E-state index is 11.7. The van der Waals surface area contributed by atoms with E-state index < -0.39 is 11.7 Å². The molecule has 0 fully saturated rings. The molecule has 0 radical (unpaired) electrons. The molecule has 1 N–H and O–H groups in total. The molecule has 2 rings (SSSR count). The zero-order valence-electron chi connectivity index (χ0n) is 13.2. The van der Waals surface area contributed by atoms with Gasteiger partial charge in [-0.15, -0.1) is 0 Å². The van der Waals surface area contributed by atoms with Crippen LogP contribution in [0.2, 0.25) is 0 Å². The number of para-hydroxylation sites is 1. The Hall–Kier alpha value is -3.07. The Morgan fingerprint density at radius 3 is 2.57 bits per heavy atom. The van der Waals surface area contributed by atoms with Gasteiger partial charge in [-0.05, 0) is 39.0 Å². The Morgan fingerprint density at radius 2 is 1.96 bits per heavy atom. The number of benzene rings is 1. The standard InChI is InChI=1S/C17H17N3O3/c1-17(2,3)23-16(21)20-13-8-9-15(19-11-13)22-14-7-5-4-6-12(14)10-18/h4-9,11H,1-3H3,(H,20,21). The van der Waals surface area contributed by atoms with E-state index in [4.69, 9.17) is 14.7 Å². The second-order valence-electron chi connectivity index (χ2n) is 5.72. The number of nitrogens with one attached hydrogen (secondary N) is 1. The van der Waals surface area contributed by atoms with E-state index in [9.17, 15) is 4.79 Å². The summed E-state index contributed by atoms with van der Waals surface area (Å²) in [6.07, 6.45) is 0.900. The van der Waals surface area contributed by atoms with Gasteiger partial charge in [-0.1, -0.05) is 12.1 Å². The lowest BCUT2D eigenvalue weighted by Gasteiger charge is -2.19. The number of amides is 1. The van der Waals surface area contributed by atoms with Gasteiger partial charge in [0.2, 0.25) is 5.88 Å². The molecule has 1 aromatic heterocycles. The van der Waals surface area contributed by atoms with E-state index in [1.165, 1.54) is 6.20 Å². The van der Waals surface area contributed by atoms with Crippen LogP contribution in [0.1, 0.15) is 26.3 Å². The molecule has 0 unspecified atom stereocenters. The number of nitrogens with zero attached hydrogens (tertiary/aromatic N) is 2. The van der Waals surface area contributed by atoms with Crippen molar-refractivity contribution in [1.82, 2.24) is 4.98 Å². The van der Waals surface area contributed by atoms with E-state index in [1.54, 1.807) is 57.2 Å². The van der Waals surface area contributed by atoms with Crippen molar-refractivity contribution in [2.45, 2.75) is 26.4 Å². The summed E-state index contributed by atoms with van der Waals surface area (Å²) < 4.78 is 10.7. The first kappa shape index (κ1) is 16.3. The van der Waals surface area contributed by atoms with E-state index in [2.05, 4.69) is 10.3 Å². The molecule has 1 amide bonds. The number of nitriles is 1. The lowest BCUT2D eigenvalue weighted by atomic mass is 10.2. The monoisotopic (exact) mass is 311 g/mol. The minimum atomic E-state index is -0.568. The average Bonchev–Trinajstić information content (AvgIpc) is 2.48. The molecule has 0 atom stereocenters. The van der Waals surface area contributed by atoms with E-state index in [-0.39, 0.29) is 0 Å². The molecule has 0 spiro atoms. The average molecular weight is 311 g/mol. The van der Waals surface area contributed by atoms with E-state index in [1.807, 2.05) is 6.07 Å². The Kier molecular flexibility index (Phi) is 4.82. The third kappa shape index (κ3) is 5.00. The number of pyridine rings is 1. The van der Waals surface area contributed by atoms with Crippen LogP contribution in [0.25, 0.3) is 0 Å². The van der Waals surface area contributed by atoms with Gasteiger partial charge in [0.15, 0.2) is 0 Å². The Morgan fingerprint density at radius 1 is 1.22 bits per heavy atom. The van der Waals surface area contributed by atoms with Crippen LogP contribution >= 0.6 is 0 Å². The second-order valence-corrected chi connectivity index (χ2v) is 5.72. The lowest BCUT2D eigenvalue weighted by molar-refractivity contribution is 0.0636. The highest BCUT2D eigenvalue weighted by atomic mass is 16.6. The SMILES string of the molecule is CC(C)(C)OC(=O)Nc1ccc(Oc2ccccc2C#N)nc1. The Bertz CT molecular complexity index is 728. The van der Waals surface area contributed by atoms with Gasteiger partial charge in [0.25, 0.3) is 0 Å². The topological polar surface area (TPSA) is 84.2 Å². The maximum atomic E-state index is 11.7. The number of rotatable bonds is 3. The van der Waals surface area contributed by atoms with Gasteiger partial charge in [0.05, 0.1) is 17.4 Å². The summed E-state index contributed by atoms with van der Waals surface area (Å²) in [5.41, 5.74) is 0.340. The molecule has 118 valence electrons. The van der Waals surface area contributed by atoms with Gasteiger partial charge in [-0.25, -0.2) is 9.78 Å². The van der Waals surface area contributed by atoms with Gasteiger partial charge in [0.1, 0.15) is 17.4 Å². The van der Waals surface area contributed by atoms with Crippen molar-refractivity contribution in [2.75, 3.05) is 5.32 Å². The summed E-state index contributed by atoms with van der Waals surface area (Å²) in [5.74, 6) is 0.748. The summed E-state index contributed by atoms with van der Waals surface area (Å²) in [4.78, 5) is 15.8. The van der Waals surface area contributed by atoms with Crippen LogP contribution in [0.3, 0.4) is 0 Å². The first-order valence-corrected chi connectivity index (χ1v) is 7.00. The van der Waals surface area contributed by atoms with Crippen LogP contribution in [0.5, 0.6) is 11.6 Å². The molecular weight excluding hydrogens is 294 g/mol. The van der Waals surface area contributed by atoms with E-state index >= 15 is 0 Å². The number of aromatic nitrogens is 1. The van der Waals surface area contributed by atoms with Crippen LogP contribution in [-0.2, 0) is 4.74 Å². The zero-order valence-corrected chi connectivity index (χ0v) is 13.2. The molecule has 0 aliphatic heterocycles. The summed E-state index contributed by atoms with van der Waals surface area (Å²) in [6, 6.07) is 12.2.